The second-order valence-electron chi connectivity index (χ2n) is 4.63. The number of hydrogen-bond donors (Lipinski definition) is 1. The number of nitrogens with one attached hydrogen (secondary N) is 1. The van der Waals surface area contributed by atoms with Gasteiger partial charge in [0.1, 0.15) is 0 Å². The zero-order valence-corrected chi connectivity index (χ0v) is 10.0. The van der Waals surface area contributed by atoms with E-state index < -0.39 is 0 Å². The van der Waals surface area contributed by atoms with Gasteiger partial charge in [-0.25, -0.2) is 0 Å². The predicted molar refractivity (Wildman–Crippen MR) is 62.7 cm³/mol. The van der Waals surface area contributed by atoms with E-state index in [9.17, 15) is 9.59 Å². The van der Waals surface area contributed by atoms with Crippen molar-refractivity contribution in [2.45, 2.75) is 20.3 Å². The summed E-state index contributed by atoms with van der Waals surface area (Å²) in [5.74, 6) is 0.303. The topological polar surface area (TPSA) is 49.4 Å². The van der Waals surface area contributed by atoms with Gasteiger partial charge in [-0.1, -0.05) is 19.9 Å². The molecule has 0 aromatic rings. The molecule has 0 bridgehead atoms. The second-order valence-corrected chi connectivity index (χ2v) is 4.63. The van der Waals surface area contributed by atoms with E-state index in [1.165, 1.54) is 0 Å². The molecule has 16 heavy (non-hydrogen) atoms. The van der Waals surface area contributed by atoms with Crippen LogP contribution >= 0.6 is 0 Å². The van der Waals surface area contributed by atoms with E-state index in [4.69, 9.17) is 0 Å². The second kappa shape index (κ2) is 5.68. The van der Waals surface area contributed by atoms with Gasteiger partial charge in [0.15, 0.2) is 0 Å². The first-order valence-electron chi connectivity index (χ1n) is 5.71. The van der Waals surface area contributed by atoms with Gasteiger partial charge in [-0.2, -0.15) is 0 Å². The minimum atomic E-state index is -0.189. The number of likely N-dealkylation sites (tertiary alicyclic amines) is 1. The molecule has 0 aliphatic carbocycles. The van der Waals surface area contributed by atoms with E-state index in [1.807, 2.05) is 0 Å². The predicted octanol–water partition coefficient (Wildman–Crippen LogP) is 0.793. The van der Waals surface area contributed by atoms with Crippen molar-refractivity contribution >= 4 is 11.8 Å². The molecule has 1 N–H and O–H groups in total. The molecule has 1 saturated heterocycles. The molecule has 1 aliphatic rings. The van der Waals surface area contributed by atoms with Crippen LogP contribution in [0.4, 0.5) is 0 Å². The molecular weight excluding hydrogens is 204 g/mol. The fourth-order valence-corrected chi connectivity index (χ4v) is 1.88. The van der Waals surface area contributed by atoms with Crippen LogP contribution in [-0.4, -0.2) is 36.3 Å². The number of rotatable bonds is 5. The highest BCUT2D eigenvalue weighted by Crippen LogP contribution is 2.18. The minimum absolute atomic E-state index is 0.0421. The van der Waals surface area contributed by atoms with Crippen LogP contribution in [0.15, 0.2) is 12.7 Å². The molecule has 0 saturated carbocycles. The van der Waals surface area contributed by atoms with Gasteiger partial charge >= 0.3 is 0 Å². The van der Waals surface area contributed by atoms with Crippen molar-refractivity contribution < 1.29 is 9.59 Å². The molecule has 1 fully saturated rings. The van der Waals surface area contributed by atoms with Crippen molar-refractivity contribution in [1.29, 1.82) is 0 Å². The third kappa shape index (κ3) is 3.36. The maximum atomic E-state index is 11.6. The Morgan fingerprint density at radius 1 is 1.69 bits per heavy atom. The van der Waals surface area contributed by atoms with E-state index in [1.54, 1.807) is 11.0 Å². The smallest absolute Gasteiger partial charge is 0.225 e. The summed E-state index contributed by atoms with van der Waals surface area (Å²) in [5.41, 5.74) is 0. The fourth-order valence-electron chi connectivity index (χ4n) is 1.88. The Hall–Kier alpha value is -1.32. The largest absolute Gasteiger partial charge is 0.352 e. The summed E-state index contributed by atoms with van der Waals surface area (Å²) >= 11 is 0. The van der Waals surface area contributed by atoms with E-state index >= 15 is 0 Å². The average Bonchev–Trinajstić information content (AvgIpc) is 2.56. The third-order valence-corrected chi connectivity index (χ3v) is 2.59. The Bertz CT molecular complexity index is 287. The normalized spacial score (nSPS) is 20.3. The van der Waals surface area contributed by atoms with Gasteiger partial charge in [-0.05, 0) is 5.92 Å². The molecule has 1 aliphatic heterocycles. The Balaban J connectivity index is 2.45. The molecule has 0 aromatic heterocycles. The molecular formula is C12H20N2O2. The van der Waals surface area contributed by atoms with Gasteiger partial charge in [0.2, 0.25) is 11.8 Å². The number of nitrogens with zero attached hydrogens (tertiary/aromatic N) is 1. The summed E-state index contributed by atoms with van der Waals surface area (Å²) in [5, 5.41) is 2.73. The molecule has 1 heterocycles. The molecule has 1 unspecified atom stereocenters. The number of amides is 2. The first kappa shape index (κ1) is 12.7. The van der Waals surface area contributed by atoms with Gasteiger partial charge < -0.3 is 10.2 Å². The Labute approximate surface area is 96.7 Å². The molecule has 2 amide bonds. The van der Waals surface area contributed by atoms with Crippen molar-refractivity contribution in [2.24, 2.45) is 11.8 Å². The summed E-state index contributed by atoms with van der Waals surface area (Å²) in [6, 6.07) is 0. The van der Waals surface area contributed by atoms with Gasteiger partial charge in [0.25, 0.3) is 0 Å². The van der Waals surface area contributed by atoms with Crippen molar-refractivity contribution in [2.75, 3.05) is 19.6 Å². The Kier molecular flexibility index (Phi) is 4.52. The van der Waals surface area contributed by atoms with Gasteiger partial charge in [-0.15, -0.1) is 6.58 Å². The maximum absolute atomic E-state index is 11.6. The summed E-state index contributed by atoms with van der Waals surface area (Å²) in [4.78, 5) is 25.0. The molecule has 1 rings (SSSR count). The summed E-state index contributed by atoms with van der Waals surface area (Å²) in [7, 11) is 0. The number of carbonyl (C=O) groups excluding carboxylic acids is 2. The lowest BCUT2D eigenvalue weighted by Gasteiger charge is -2.18. The van der Waals surface area contributed by atoms with Crippen LogP contribution in [0.5, 0.6) is 0 Å². The van der Waals surface area contributed by atoms with Crippen molar-refractivity contribution in [1.82, 2.24) is 10.2 Å². The highest BCUT2D eigenvalue weighted by molar-refractivity contribution is 5.89. The lowest BCUT2D eigenvalue weighted by atomic mass is 10.1. The number of carbonyl (C=O) groups is 2. The lowest BCUT2D eigenvalue weighted by Crippen LogP contribution is -2.34. The molecule has 0 radical (unpaired) electrons. The lowest BCUT2D eigenvalue weighted by molar-refractivity contribution is -0.129. The monoisotopic (exact) mass is 224 g/mol. The molecule has 1 atom stereocenters. The van der Waals surface area contributed by atoms with Crippen LogP contribution in [0.2, 0.25) is 0 Å². The molecule has 4 heteroatoms. The quantitative estimate of drug-likeness (QED) is 0.702. The van der Waals surface area contributed by atoms with Crippen LogP contribution in [0.25, 0.3) is 0 Å². The van der Waals surface area contributed by atoms with E-state index in [2.05, 4.69) is 25.7 Å². The Morgan fingerprint density at radius 3 is 2.94 bits per heavy atom. The van der Waals surface area contributed by atoms with Gasteiger partial charge in [0.05, 0.1) is 5.92 Å². The molecule has 0 spiro atoms. The molecule has 0 aromatic carbocycles. The Morgan fingerprint density at radius 2 is 2.38 bits per heavy atom. The van der Waals surface area contributed by atoms with Crippen molar-refractivity contribution in [3.8, 4) is 0 Å². The summed E-state index contributed by atoms with van der Waals surface area (Å²) in [6.45, 7) is 9.43. The van der Waals surface area contributed by atoms with Crippen LogP contribution in [0.1, 0.15) is 20.3 Å². The maximum Gasteiger partial charge on any atom is 0.225 e. The molecule has 4 nitrogen and oxygen atoms in total. The van der Waals surface area contributed by atoms with Crippen molar-refractivity contribution in [3.05, 3.63) is 12.7 Å². The highest BCUT2D eigenvalue weighted by Gasteiger charge is 2.33. The first-order valence-corrected chi connectivity index (χ1v) is 5.71. The molecule has 90 valence electrons. The zero-order valence-electron chi connectivity index (χ0n) is 10.0. The van der Waals surface area contributed by atoms with Gasteiger partial charge in [-0.3, -0.25) is 9.59 Å². The third-order valence-electron chi connectivity index (χ3n) is 2.59. The first-order chi connectivity index (χ1) is 7.54. The van der Waals surface area contributed by atoms with E-state index in [0.717, 1.165) is 6.54 Å². The van der Waals surface area contributed by atoms with Crippen LogP contribution in [-0.2, 0) is 9.59 Å². The average molecular weight is 224 g/mol. The highest BCUT2D eigenvalue weighted by atomic mass is 16.2. The summed E-state index contributed by atoms with van der Waals surface area (Å²) < 4.78 is 0. The van der Waals surface area contributed by atoms with Gasteiger partial charge in [0, 0.05) is 26.1 Å². The van der Waals surface area contributed by atoms with E-state index in [-0.39, 0.29) is 17.7 Å². The van der Waals surface area contributed by atoms with Crippen LogP contribution in [0.3, 0.4) is 0 Å². The van der Waals surface area contributed by atoms with Crippen LogP contribution < -0.4 is 5.32 Å². The zero-order chi connectivity index (χ0) is 12.1. The van der Waals surface area contributed by atoms with Crippen LogP contribution in [0, 0.1) is 11.8 Å². The standard InChI is InChI=1S/C12H20N2O2/c1-4-5-13-12(16)10-6-11(15)14(8-10)7-9(2)3/h4,9-10H,1,5-8H2,2-3H3,(H,13,16). The minimum Gasteiger partial charge on any atom is -0.352 e. The fraction of sp³-hybridized carbons (Fsp3) is 0.667. The summed E-state index contributed by atoms with van der Waals surface area (Å²) in [6.07, 6.45) is 1.98. The van der Waals surface area contributed by atoms with E-state index in [0.29, 0.717) is 25.4 Å². The van der Waals surface area contributed by atoms with Crippen molar-refractivity contribution in [3.63, 3.8) is 0 Å². The SMILES string of the molecule is C=CCNC(=O)C1CC(=O)N(CC(C)C)C1. The number of hydrogen-bond acceptors (Lipinski definition) is 2.